The van der Waals surface area contributed by atoms with Crippen LogP contribution in [-0.2, 0) is 13.0 Å². The highest BCUT2D eigenvalue weighted by atomic mass is 127. The van der Waals surface area contributed by atoms with Gasteiger partial charge in [0.2, 0.25) is 0 Å². The average Bonchev–Trinajstić information content (AvgIpc) is 3.52. The average molecular weight is 592 g/mol. The number of nitro groups is 1. The van der Waals surface area contributed by atoms with Crippen LogP contribution < -0.4 is 0 Å². The van der Waals surface area contributed by atoms with Gasteiger partial charge in [0.25, 0.3) is 5.69 Å². The molecular weight excluding hydrogens is 573 g/mol. The lowest BCUT2D eigenvalue weighted by atomic mass is 10.0. The lowest BCUT2D eigenvalue weighted by Crippen LogP contribution is -2.07. The fourth-order valence-corrected chi connectivity index (χ4v) is 5.96. The number of nitro benzene ring substituents is 1. The maximum absolute atomic E-state index is 11.8. The summed E-state index contributed by atoms with van der Waals surface area (Å²) in [6.45, 7) is 2.71. The van der Waals surface area contributed by atoms with Crippen molar-refractivity contribution >= 4 is 44.2 Å². The lowest BCUT2D eigenvalue weighted by Gasteiger charge is -2.12. The van der Waals surface area contributed by atoms with Gasteiger partial charge in [0.15, 0.2) is 0 Å². The van der Waals surface area contributed by atoms with Crippen LogP contribution in [-0.4, -0.2) is 14.5 Å². The molecule has 3 aliphatic rings. The van der Waals surface area contributed by atoms with E-state index in [1.807, 2.05) is 18.2 Å². The molecule has 0 atom stereocenters. The Bertz CT molecular complexity index is 1280. The van der Waals surface area contributed by atoms with Crippen molar-refractivity contribution in [3.63, 3.8) is 0 Å². The third-order valence-corrected chi connectivity index (χ3v) is 7.81. The standard InChI is InChI=1S/C23H19BrIN3O3/c1-2-19-26-22(13-7-8-13)23(25)27(19)11-16-14-9-10-31-12-17(14)21(24)20(16)15-5-3-4-6-18(15)28(29)30/h3-6,9-10,12-13H,2,7-8,11H2,1H3. The van der Waals surface area contributed by atoms with E-state index in [-0.39, 0.29) is 10.6 Å². The molecule has 158 valence electrons. The smallest absolute Gasteiger partial charge is 0.277 e. The fraction of sp³-hybridized carbons (Fsp3) is 0.261. The number of aromatic nitrogens is 2. The van der Waals surface area contributed by atoms with Gasteiger partial charge < -0.3 is 8.98 Å². The third-order valence-electron chi connectivity index (χ3n) is 5.85. The summed E-state index contributed by atoms with van der Waals surface area (Å²) in [5.74, 6) is 1.61. The summed E-state index contributed by atoms with van der Waals surface area (Å²) in [5.41, 5.74) is 5.66. The molecule has 0 bridgehead atoms. The first-order chi connectivity index (χ1) is 15.0. The van der Waals surface area contributed by atoms with E-state index in [2.05, 4.69) is 50.0 Å². The first-order valence-electron chi connectivity index (χ1n) is 10.2. The molecule has 1 aliphatic heterocycles. The van der Waals surface area contributed by atoms with Crippen LogP contribution in [0.4, 0.5) is 5.69 Å². The molecule has 0 spiro atoms. The van der Waals surface area contributed by atoms with Gasteiger partial charge in [-0.25, -0.2) is 4.98 Å². The van der Waals surface area contributed by atoms with Crippen molar-refractivity contribution in [1.82, 2.24) is 9.55 Å². The van der Waals surface area contributed by atoms with Crippen molar-refractivity contribution in [2.24, 2.45) is 0 Å². The summed E-state index contributed by atoms with van der Waals surface area (Å²) in [5, 5.41) is 11.8. The molecule has 0 radical (unpaired) electrons. The number of imidazole rings is 1. The number of aryl methyl sites for hydroxylation is 1. The molecule has 5 rings (SSSR count). The lowest BCUT2D eigenvalue weighted by molar-refractivity contribution is -0.384. The zero-order chi connectivity index (χ0) is 21.7. The topological polar surface area (TPSA) is 74.1 Å². The van der Waals surface area contributed by atoms with Crippen LogP contribution >= 0.6 is 38.5 Å². The summed E-state index contributed by atoms with van der Waals surface area (Å²) in [7, 11) is 0. The van der Waals surface area contributed by atoms with Crippen molar-refractivity contribution in [3.8, 4) is 22.3 Å². The van der Waals surface area contributed by atoms with Gasteiger partial charge in [0.1, 0.15) is 9.53 Å². The molecule has 1 saturated carbocycles. The molecule has 0 saturated heterocycles. The Labute approximate surface area is 201 Å². The predicted molar refractivity (Wildman–Crippen MR) is 131 cm³/mol. The molecule has 2 aromatic rings. The second-order valence-corrected chi connectivity index (χ2v) is 9.56. The molecule has 1 aromatic heterocycles. The third kappa shape index (κ3) is 3.49. The molecule has 2 aliphatic carbocycles. The van der Waals surface area contributed by atoms with E-state index in [4.69, 9.17) is 9.40 Å². The van der Waals surface area contributed by atoms with Crippen molar-refractivity contribution < 1.29 is 9.34 Å². The van der Waals surface area contributed by atoms with E-state index in [9.17, 15) is 10.1 Å². The Kier molecular flexibility index (Phi) is 5.37. The van der Waals surface area contributed by atoms with Gasteiger partial charge in [0, 0.05) is 34.0 Å². The van der Waals surface area contributed by atoms with Crippen LogP contribution in [0.2, 0.25) is 0 Å². The minimum atomic E-state index is -0.322. The summed E-state index contributed by atoms with van der Waals surface area (Å²) in [6.07, 6.45) is 6.57. The number of hydrogen-bond donors (Lipinski definition) is 0. The molecule has 6 nitrogen and oxygen atoms in total. The zero-order valence-corrected chi connectivity index (χ0v) is 20.5. The van der Waals surface area contributed by atoms with Gasteiger partial charge >= 0.3 is 0 Å². The van der Waals surface area contributed by atoms with E-state index in [1.165, 1.54) is 18.5 Å². The van der Waals surface area contributed by atoms with Crippen LogP contribution in [0.25, 0.3) is 22.3 Å². The molecule has 0 amide bonds. The number of fused-ring (bicyclic) bond motifs is 1. The van der Waals surface area contributed by atoms with Gasteiger partial charge in [-0.1, -0.05) is 19.1 Å². The molecule has 1 fully saturated rings. The number of benzene rings is 1. The fourth-order valence-electron chi connectivity index (χ4n) is 4.19. The molecule has 8 heteroatoms. The van der Waals surface area contributed by atoms with Gasteiger partial charge in [-0.2, -0.15) is 0 Å². The largest absolute Gasteiger partial charge is 0.472 e. The molecule has 2 heterocycles. The van der Waals surface area contributed by atoms with E-state index in [0.717, 1.165) is 42.7 Å². The van der Waals surface area contributed by atoms with Crippen LogP contribution in [0.1, 0.15) is 42.8 Å². The van der Waals surface area contributed by atoms with Crippen LogP contribution in [0, 0.1) is 13.8 Å². The highest BCUT2D eigenvalue weighted by Crippen LogP contribution is 2.49. The minimum absolute atomic E-state index is 0.0893. The highest BCUT2D eigenvalue weighted by Gasteiger charge is 2.32. The number of hydrogen-bond acceptors (Lipinski definition) is 4. The van der Waals surface area contributed by atoms with E-state index >= 15 is 0 Å². The maximum Gasteiger partial charge on any atom is 0.277 e. The van der Waals surface area contributed by atoms with E-state index in [0.29, 0.717) is 18.0 Å². The SMILES string of the molecule is CCc1nc(C2CC2)c(I)n1Cc1c2ccocc-2c(Br)c1-c1ccccc1[N+](=O)[O-]. The summed E-state index contributed by atoms with van der Waals surface area (Å²) in [6, 6.07) is 8.84. The summed E-state index contributed by atoms with van der Waals surface area (Å²) >= 11 is 6.12. The van der Waals surface area contributed by atoms with Crippen molar-refractivity contribution in [3.05, 3.63) is 78.2 Å². The van der Waals surface area contributed by atoms with Gasteiger partial charge in [-0.15, -0.1) is 0 Å². The number of rotatable bonds is 6. The second kappa shape index (κ2) is 8.05. The maximum atomic E-state index is 11.8. The first-order valence-corrected chi connectivity index (χ1v) is 12.0. The summed E-state index contributed by atoms with van der Waals surface area (Å²) < 4.78 is 9.67. The monoisotopic (exact) mass is 591 g/mol. The van der Waals surface area contributed by atoms with E-state index < -0.39 is 0 Å². The predicted octanol–water partition coefficient (Wildman–Crippen LogP) is 7.01. The van der Waals surface area contributed by atoms with Gasteiger partial charge in [-0.3, -0.25) is 10.1 Å². The van der Waals surface area contributed by atoms with Crippen molar-refractivity contribution in [2.75, 3.05) is 0 Å². The molecule has 0 N–H and O–H groups in total. The number of para-hydroxylation sites is 1. The highest BCUT2D eigenvalue weighted by molar-refractivity contribution is 14.1. The van der Waals surface area contributed by atoms with Gasteiger partial charge in [-0.05, 0) is 74.6 Å². The Balaban J connectivity index is 1.74. The Morgan fingerprint density at radius 3 is 2.74 bits per heavy atom. The molecule has 31 heavy (non-hydrogen) atoms. The second-order valence-electron chi connectivity index (χ2n) is 7.74. The Morgan fingerprint density at radius 2 is 2.03 bits per heavy atom. The minimum Gasteiger partial charge on any atom is -0.472 e. The first kappa shape index (κ1) is 20.7. The Hall–Kier alpha value is -2.20. The quantitative estimate of drug-likeness (QED) is 0.137. The Morgan fingerprint density at radius 1 is 1.26 bits per heavy atom. The molecule has 1 aromatic carbocycles. The molecule has 0 unspecified atom stereocenters. The normalized spacial score (nSPS) is 13.8. The van der Waals surface area contributed by atoms with E-state index in [1.54, 1.807) is 24.7 Å². The zero-order valence-electron chi connectivity index (χ0n) is 16.8. The molecular formula is C23H19BrIN3O3. The number of nitrogens with zero attached hydrogens (tertiary/aromatic N) is 3. The van der Waals surface area contributed by atoms with Crippen LogP contribution in [0.15, 0.2) is 51.7 Å². The summed E-state index contributed by atoms with van der Waals surface area (Å²) in [4.78, 5) is 16.4. The van der Waals surface area contributed by atoms with Crippen molar-refractivity contribution in [2.45, 2.75) is 38.6 Å². The number of halogens is 2. The van der Waals surface area contributed by atoms with Crippen molar-refractivity contribution in [1.29, 1.82) is 0 Å². The van der Waals surface area contributed by atoms with Gasteiger partial charge in [0.05, 0.1) is 35.3 Å². The van der Waals surface area contributed by atoms with Crippen LogP contribution in [0.5, 0.6) is 0 Å². The van der Waals surface area contributed by atoms with Crippen LogP contribution in [0.3, 0.4) is 0 Å².